The van der Waals surface area contributed by atoms with Gasteiger partial charge in [0.25, 0.3) is 0 Å². The number of carbonyl (C=O) groups is 2. The molecule has 184 valence electrons. The number of ether oxygens (including phenoxy) is 2. The summed E-state index contributed by atoms with van der Waals surface area (Å²) in [4.78, 5) is 44.8. The second kappa shape index (κ2) is 26.3. The van der Waals surface area contributed by atoms with Crippen LogP contribution >= 0.6 is 7.82 Å². The van der Waals surface area contributed by atoms with E-state index < -0.39 is 39.1 Å². The molecule has 0 rings (SSSR count). The molecule has 0 amide bonds. The van der Waals surface area contributed by atoms with Gasteiger partial charge in [-0.3, -0.25) is 4.79 Å². The minimum atomic E-state index is -5.27. The molecule has 3 N–H and O–H groups in total. The quantitative estimate of drug-likeness (QED) is 0.0635. The van der Waals surface area contributed by atoms with Gasteiger partial charge in [-0.1, -0.05) is 51.4 Å². The maximum absolute atomic E-state index is 11.9. The van der Waals surface area contributed by atoms with Gasteiger partial charge in [0, 0.05) is 19.5 Å². The van der Waals surface area contributed by atoms with Crippen LogP contribution in [0.3, 0.4) is 0 Å². The zero-order valence-corrected chi connectivity index (χ0v) is 25.0. The Labute approximate surface area is 248 Å². The van der Waals surface area contributed by atoms with Crippen LogP contribution in [0, 0.1) is 35.5 Å². The summed E-state index contributed by atoms with van der Waals surface area (Å²) in [5.41, 5.74) is 0. The second-order valence-electron chi connectivity index (χ2n) is 6.20. The largest absolute Gasteiger partial charge is 1.00 e. The molecule has 1 atom stereocenters. The molecule has 12 heteroatoms. The van der Waals surface area contributed by atoms with Gasteiger partial charge >= 0.3 is 71.1 Å². The maximum atomic E-state index is 11.9. The van der Waals surface area contributed by atoms with Crippen LogP contribution in [0.2, 0.25) is 0 Å². The van der Waals surface area contributed by atoms with Gasteiger partial charge < -0.3 is 34.5 Å². The first kappa shape index (κ1) is 39.9. The van der Waals surface area contributed by atoms with E-state index in [-0.39, 0.29) is 78.8 Å². The fraction of sp³-hybridized carbons (Fsp3) is 0.619. The van der Waals surface area contributed by atoms with Gasteiger partial charge in [-0.25, -0.2) is 4.79 Å². The van der Waals surface area contributed by atoms with E-state index in [1.54, 1.807) is 6.92 Å². The average molecular weight is 512 g/mol. The Balaban J connectivity index is -0.000000150. The number of hydrogen-bond donors (Lipinski definition) is 1. The number of rotatable bonds is 14. The third kappa shape index (κ3) is 29.7. The molecule has 9 nitrogen and oxygen atoms in total. The molecule has 0 fully saturated rings. The van der Waals surface area contributed by atoms with Crippen LogP contribution in [0.5, 0.6) is 0 Å². The molecule has 0 aromatic heterocycles. The normalized spacial score (nSPS) is 9.94. The molecule has 0 aliphatic rings. The van der Waals surface area contributed by atoms with Crippen molar-refractivity contribution < 1.29 is 104 Å². The van der Waals surface area contributed by atoms with E-state index >= 15 is 0 Å². The number of phosphoric ester groups is 1. The third-order valence-corrected chi connectivity index (χ3v) is 4.04. The minimum absolute atomic E-state index is 0. The number of unbranched alkanes of at least 4 members (excludes halogenated alkanes) is 6. The molecule has 0 aliphatic heterocycles. The Bertz CT molecular complexity index is 790. The summed E-state index contributed by atoms with van der Waals surface area (Å²) < 4.78 is 24.6. The van der Waals surface area contributed by atoms with Crippen molar-refractivity contribution in [3.63, 3.8) is 0 Å². The van der Waals surface area contributed by atoms with E-state index in [9.17, 15) is 23.9 Å². The van der Waals surface area contributed by atoms with Crippen LogP contribution in [-0.4, -0.2) is 31.3 Å². The van der Waals surface area contributed by atoms with Crippen LogP contribution in [0.4, 0.5) is 0 Å². The zero-order chi connectivity index (χ0) is 22.7. The van der Waals surface area contributed by atoms with Gasteiger partial charge in [-0.2, -0.15) is 0 Å². The van der Waals surface area contributed by atoms with Crippen molar-refractivity contribution in [3.8, 4) is 35.5 Å². The Morgan fingerprint density at radius 3 is 2.09 bits per heavy atom. The minimum Gasteiger partial charge on any atom is -0.790 e. The van der Waals surface area contributed by atoms with Gasteiger partial charge in [0.2, 0.25) is 0 Å². The number of esters is 2. The first-order valence-corrected chi connectivity index (χ1v) is 11.2. The molecule has 0 unspecified atom stereocenters. The molecule has 0 saturated heterocycles. The van der Waals surface area contributed by atoms with E-state index in [1.807, 2.05) is 0 Å². The van der Waals surface area contributed by atoms with Gasteiger partial charge in [-0.05, 0) is 37.0 Å². The van der Waals surface area contributed by atoms with Gasteiger partial charge in [0.1, 0.15) is 6.61 Å². The smallest absolute Gasteiger partial charge is 0.790 e. The predicted molar refractivity (Wildman–Crippen MR) is 122 cm³/mol. The van der Waals surface area contributed by atoms with Crippen LogP contribution < -0.4 is 75.1 Å². The third-order valence-electron chi connectivity index (χ3n) is 3.58. The molecule has 0 heterocycles. The van der Waals surface area contributed by atoms with Crippen molar-refractivity contribution in [3.05, 3.63) is 0 Å². The maximum Gasteiger partial charge on any atom is 1.00 e. The fourth-order valence-corrected chi connectivity index (χ4v) is 2.52. The second-order valence-corrected chi connectivity index (χ2v) is 7.35. The SMILES string of the molecule is CC#CC#CC#CC(=O)OC[C@@H](COP(=O)([O-])[O-])OC(=O)CCCCCCCCC.N.[HH].[HH].[HH].[HH].[HH].[Na+].[Na+]. The summed E-state index contributed by atoms with van der Waals surface area (Å²) in [6, 6.07) is 0. The van der Waals surface area contributed by atoms with Crippen molar-refractivity contribution in [2.45, 2.75) is 71.3 Å². The average Bonchev–Trinajstić information content (AvgIpc) is 2.68. The van der Waals surface area contributed by atoms with Crippen molar-refractivity contribution >= 4 is 19.8 Å². The summed E-state index contributed by atoms with van der Waals surface area (Å²) in [6.45, 7) is 2.46. The Kier molecular flexibility index (Phi) is 31.8. The van der Waals surface area contributed by atoms with Crippen LogP contribution in [0.15, 0.2) is 0 Å². The molecule has 0 aliphatic carbocycles. The number of phosphoric acid groups is 1. The van der Waals surface area contributed by atoms with E-state index in [1.165, 1.54) is 6.42 Å². The van der Waals surface area contributed by atoms with Crippen molar-refractivity contribution in [1.82, 2.24) is 6.15 Å². The first-order valence-electron chi connectivity index (χ1n) is 9.74. The molecular formula is C21H40NNa2O8P. The standard InChI is InChI=1S/C21H29O8P.H3N.2Na.5H2/c1-3-5-7-9-10-12-14-16-21(23)29-19(18-28-30(24,25)26)17-27-20(22)15-13-11-8-6-4-2;;;;;;;;/h19H,3,5,7,9-10,12,14,16-18H2,1-2H3,(H2,24,25,26);1H3;;;5*1H/q;;2*+1;;;;;/p-2/t19-;;;;;;;;/m0......../s1. The van der Waals surface area contributed by atoms with E-state index in [4.69, 9.17) is 9.47 Å². The molecule has 0 bridgehead atoms. The summed E-state index contributed by atoms with van der Waals surface area (Å²) in [5, 5.41) is 0. The predicted octanol–water partition coefficient (Wildman–Crippen LogP) is -3.14. The van der Waals surface area contributed by atoms with Crippen LogP contribution in [0.1, 0.15) is 72.3 Å². The topological polar surface area (TPSA) is 160 Å². The Morgan fingerprint density at radius 1 is 0.939 bits per heavy atom. The molecule has 0 radical (unpaired) electrons. The fourth-order valence-electron chi connectivity index (χ4n) is 2.17. The van der Waals surface area contributed by atoms with Crippen molar-refractivity contribution in [2.75, 3.05) is 13.2 Å². The Morgan fingerprint density at radius 2 is 1.52 bits per heavy atom. The number of hydrogen-bond acceptors (Lipinski definition) is 9. The van der Waals surface area contributed by atoms with Gasteiger partial charge in [-0.15, -0.1) is 0 Å². The molecule has 0 saturated carbocycles. The van der Waals surface area contributed by atoms with E-state index in [0.717, 1.165) is 32.1 Å². The summed E-state index contributed by atoms with van der Waals surface area (Å²) in [5.74, 6) is 12.4. The van der Waals surface area contributed by atoms with Gasteiger partial charge in [0.05, 0.1) is 14.4 Å². The summed E-state index contributed by atoms with van der Waals surface area (Å²) in [6.07, 6.45) is 5.99. The first-order chi connectivity index (χ1) is 14.3. The number of carbonyl (C=O) groups excluding carboxylic acids is 2. The Hall–Kier alpha value is -0.310. The van der Waals surface area contributed by atoms with E-state index in [0.29, 0.717) is 6.42 Å². The van der Waals surface area contributed by atoms with Crippen molar-refractivity contribution in [2.24, 2.45) is 0 Å². The molecule has 33 heavy (non-hydrogen) atoms. The summed E-state index contributed by atoms with van der Waals surface area (Å²) >= 11 is 0. The molecule has 0 aromatic rings. The molecule has 0 aromatic carbocycles. The van der Waals surface area contributed by atoms with Crippen molar-refractivity contribution in [1.29, 1.82) is 0 Å². The molecule has 0 spiro atoms. The van der Waals surface area contributed by atoms with Gasteiger partial charge in [0.15, 0.2) is 6.10 Å². The molecular weight excluding hydrogens is 471 g/mol. The van der Waals surface area contributed by atoms with Crippen LogP contribution in [-0.2, 0) is 28.2 Å². The monoisotopic (exact) mass is 511 g/mol. The van der Waals surface area contributed by atoms with E-state index in [2.05, 4.69) is 47.0 Å². The summed E-state index contributed by atoms with van der Waals surface area (Å²) in [7, 11) is -5.27. The van der Waals surface area contributed by atoms with Crippen LogP contribution in [0.25, 0.3) is 0 Å². The zero-order valence-electron chi connectivity index (χ0n) is 20.1.